The molecule has 4 N–H and O–H groups in total. The highest BCUT2D eigenvalue weighted by Gasteiger charge is 2.70. The van der Waals surface area contributed by atoms with Crippen LogP contribution in [0.1, 0.15) is 92.4 Å². The van der Waals surface area contributed by atoms with Crippen LogP contribution >= 0.6 is 0 Å². The zero-order chi connectivity index (χ0) is 29.1. The Balaban J connectivity index is 1.14. The predicted molar refractivity (Wildman–Crippen MR) is 150 cm³/mol. The average Bonchev–Trinajstić information content (AvgIpc) is 3.38. The fourth-order valence-electron chi connectivity index (χ4n) is 11.8. The first-order valence-electron chi connectivity index (χ1n) is 16.7. The van der Waals surface area contributed by atoms with Gasteiger partial charge in [0.25, 0.3) is 0 Å². The highest BCUT2D eigenvalue weighted by Crippen LogP contribution is 2.71. The minimum absolute atomic E-state index is 0.162. The van der Waals surface area contributed by atoms with Crippen LogP contribution in [-0.4, -0.2) is 81.8 Å². The Kier molecular flexibility index (Phi) is 7.24. The third-order valence-corrected chi connectivity index (χ3v) is 14.1. The van der Waals surface area contributed by atoms with Crippen molar-refractivity contribution in [3.8, 4) is 0 Å². The van der Waals surface area contributed by atoms with Gasteiger partial charge in [0.15, 0.2) is 12.1 Å². The zero-order valence-electron chi connectivity index (χ0n) is 25.7. The molecule has 18 atom stereocenters. The summed E-state index contributed by atoms with van der Waals surface area (Å²) in [5.41, 5.74) is 0.0675. The smallest absolute Gasteiger partial charge is 0.186 e. The van der Waals surface area contributed by atoms with Gasteiger partial charge in [-0.1, -0.05) is 27.7 Å². The minimum atomic E-state index is -1.33. The second-order valence-electron chi connectivity index (χ2n) is 16.0. The van der Waals surface area contributed by atoms with Gasteiger partial charge >= 0.3 is 0 Å². The van der Waals surface area contributed by atoms with Gasteiger partial charge in [0, 0.05) is 18.8 Å². The van der Waals surface area contributed by atoms with E-state index in [1.165, 1.54) is 19.3 Å². The molecule has 0 radical (unpaired) electrons. The maximum absolute atomic E-state index is 10.9. The van der Waals surface area contributed by atoms with Gasteiger partial charge in [0.1, 0.15) is 18.3 Å². The highest BCUT2D eigenvalue weighted by molar-refractivity contribution is 5.16. The van der Waals surface area contributed by atoms with Crippen LogP contribution in [0.3, 0.4) is 0 Å². The van der Waals surface area contributed by atoms with Crippen molar-refractivity contribution >= 4 is 0 Å². The lowest BCUT2D eigenvalue weighted by molar-refractivity contribution is -0.328. The fourth-order valence-corrected chi connectivity index (χ4v) is 11.8. The van der Waals surface area contributed by atoms with Crippen LogP contribution in [0.25, 0.3) is 0 Å². The summed E-state index contributed by atoms with van der Waals surface area (Å²) in [6.45, 7) is 12.1. The topological polar surface area (TPSA) is 118 Å². The summed E-state index contributed by atoms with van der Waals surface area (Å²) in [4.78, 5) is 0. The number of aliphatic hydroxyl groups excluding tert-OH is 4. The lowest BCUT2D eigenvalue weighted by Gasteiger charge is -2.63. The maximum atomic E-state index is 10.9. The summed E-state index contributed by atoms with van der Waals surface area (Å²) in [5, 5.41) is 42.4. The molecule has 7 aliphatic rings. The van der Waals surface area contributed by atoms with E-state index in [2.05, 4.69) is 27.7 Å². The Bertz CT molecular complexity index is 984. The Morgan fingerprint density at radius 3 is 2.32 bits per heavy atom. The maximum Gasteiger partial charge on any atom is 0.186 e. The van der Waals surface area contributed by atoms with E-state index in [0.717, 1.165) is 38.7 Å². The molecule has 3 heterocycles. The van der Waals surface area contributed by atoms with Gasteiger partial charge in [-0.25, -0.2) is 0 Å². The molecule has 7 fully saturated rings. The van der Waals surface area contributed by atoms with Crippen LogP contribution in [0.2, 0.25) is 0 Å². The van der Waals surface area contributed by atoms with Crippen LogP contribution in [0.5, 0.6) is 0 Å². The first kappa shape index (κ1) is 29.4. The number of hydrogen-bond acceptors (Lipinski definition) is 8. The molecule has 0 unspecified atom stereocenters. The summed E-state index contributed by atoms with van der Waals surface area (Å²) < 4.78 is 25.9. The zero-order valence-corrected chi connectivity index (χ0v) is 25.7. The summed E-state index contributed by atoms with van der Waals surface area (Å²) in [7, 11) is 0. The largest absolute Gasteiger partial charge is 0.393 e. The Morgan fingerprint density at radius 1 is 0.805 bits per heavy atom. The van der Waals surface area contributed by atoms with Gasteiger partial charge in [-0.2, -0.15) is 0 Å². The molecular formula is C33H54O8. The second kappa shape index (κ2) is 10.1. The van der Waals surface area contributed by atoms with Crippen molar-refractivity contribution in [2.75, 3.05) is 6.61 Å². The Labute approximate surface area is 245 Å². The lowest BCUT2D eigenvalue weighted by Crippen LogP contribution is -2.63. The molecule has 234 valence electrons. The molecule has 0 aromatic carbocycles. The fraction of sp³-hybridized carbons (Fsp3) is 1.00. The molecule has 4 aliphatic carbocycles. The van der Waals surface area contributed by atoms with E-state index in [-0.39, 0.29) is 23.0 Å². The Hall–Kier alpha value is -0.320. The van der Waals surface area contributed by atoms with Crippen molar-refractivity contribution in [3.05, 3.63) is 0 Å². The standard InChI is InChI=1S/C33H54O8/c1-16-8-11-33(38-15-16)17(2)26-24(41-33)14-23-21-7-6-19-12-20(34)13-25(32(19,5)22(21)9-10-31(23,26)4)40-30-29(37)28(36)27(35)18(3)39-30/h16-30,34-37H,6-15H2,1-5H3/t16-,17-,18-,19-,20+,21+,22-,23-,24-,25+,26-,27+,28+,29-,30+,31-,32-,33+/m0/s1. The molecule has 8 nitrogen and oxygen atoms in total. The van der Waals surface area contributed by atoms with E-state index in [1.54, 1.807) is 6.92 Å². The molecule has 0 amide bonds. The van der Waals surface area contributed by atoms with E-state index in [0.29, 0.717) is 47.8 Å². The van der Waals surface area contributed by atoms with Crippen molar-refractivity contribution in [2.45, 2.75) is 147 Å². The molecule has 7 rings (SSSR count). The first-order valence-corrected chi connectivity index (χ1v) is 16.7. The highest BCUT2D eigenvalue weighted by atomic mass is 16.7. The van der Waals surface area contributed by atoms with E-state index in [4.69, 9.17) is 18.9 Å². The van der Waals surface area contributed by atoms with E-state index < -0.39 is 42.6 Å². The quantitative estimate of drug-likeness (QED) is 0.393. The molecule has 3 saturated heterocycles. The van der Waals surface area contributed by atoms with Crippen molar-refractivity contribution in [3.63, 3.8) is 0 Å². The van der Waals surface area contributed by atoms with E-state index in [9.17, 15) is 20.4 Å². The Morgan fingerprint density at radius 2 is 1.59 bits per heavy atom. The van der Waals surface area contributed by atoms with Gasteiger partial charge in [0.2, 0.25) is 0 Å². The van der Waals surface area contributed by atoms with Gasteiger partial charge in [-0.15, -0.1) is 0 Å². The third kappa shape index (κ3) is 4.21. The second-order valence-corrected chi connectivity index (χ2v) is 16.0. The molecule has 1 spiro atoms. The molecule has 8 heteroatoms. The van der Waals surface area contributed by atoms with Crippen molar-refractivity contribution < 1.29 is 39.4 Å². The third-order valence-electron chi connectivity index (χ3n) is 14.1. The molecule has 4 saturated carbocycles. The van der Waals surface area contributed by atoms with Crippen LogP contribution < -0.4 is 0 Å². The van der Waals surface area contributed by atoms with Crippen molar-refractivity contribution in [1.29, 1.82) is 0 Å². The summed E-state index contributed by atoms with van der Waals surface area (Å²) in [6.07, 6.45) is 3.16. The van der Waals surface area contributed by atoms with Gasteiger partial charge < -0.3 is 39.4 Å². The summed E-state index contributed by atoms with van der Waals surface area (Å²) in [5.74, 6) is 3.09. The number of aliphatic hydroxyl groups is 4. The van der Waals surface area contributed by atoms with Crippen LogP contribution in [0.4, 0.5) is 0 Å². The SMILES string of the molecule is C[C@H]1CC[C@@]2(OC1)O[C@H]1C[C@H]3[C@@H]4CC[C@H]5C[C@@H](O)C[C@@H](O[C@H]6O[C@@H](C)[C@@H](O)[C@@H](O)[C@@H]6O)[C@]5(C)[C@H]4CC[C@]3(C)[C@H]1[C@@H]2C. The van der Waals surface area contributed by atoms with Crippen LogP contribution in [0.15, 0.2) is 0 Å². The van der Waals surface area contributed by atoms with Crippen LogP contribution in [-0.2, 0) is 18.9 Å². The minimum Gasteiger partial charge on any atom is -0.393 e. The monoisotopic (exact) mass is 578 g/mol. The van der Waals surface area contributed by atoms with Crippen molar-refractivity contribution in [2.24, 2.45) is 52.3 Å². The molecule has 41 heavy (non-hydrogen) atoms. The van der Waals surface area contributed by atoms with Crippen LogP contribution in [0, 0.1) is 52.3 Å². The number of ether oxygens (including phenoxy) is 4. The van der Waals surface area contributed by atoms with E-state index in [1.807, 2.05) is 0 Å². The van der Waals surface area contributed by atoms with Gasteiger partial charge in [-0.3, -0.25) is 0 Å². The normalized spacial score (nSPS) is 62.1. The molecule has 0 aromatic rings. The predicted octanol–water partition coefficient (Wildman–Crippen LogP) is 3.62. The first-order chi connectivity index (χ1) is 19.4. The summed E-state index contributed by atoms with van der Waals surface area (Å²) >= 11 is 0. The van der Waals surface area contributed by atoms with Gasteiger partial charge in [-0.05, 0) is 98.2 Å². The van der Waals surface area contributed by atoms with Crippen molar-refractivity contribution in [1.82, 2.24) is 0 Å². The van der Waals surface area contributed by atoms with Gasteiger partial charge in [0.05, 0.1) is 31.0 Å². The molecule has 3 aliphatic heterocycles. The number of hydrogen-bond donors (Lipinski definition) is 4. The van der Waals surface area contributed by atoms with E-state index >= 15 is 0 Å². The summed E-state index contributed by atoms with van der Waals surface area (Å²) in [6, 6.07) is 0. The molecule has 0 aromatic heterocycles. The molecule has 0 bridgehead atoms. The average molecular weight is 579 g/mol. The molecular weight excluding hydrogens is 524 g/mol. The lowest BCUT2D eigenvalue weighted by atomic mass is 9.43. The number of rotatable bonds is 2. The number of fused-ring (bicyclic) bond motifs is 7.